The van der Waals surface area contributed by atoms with Gasteiger partial charge in [0.15, 0.2) is 5.75 Å². The van der Waals surface area contributed by atoms with Crippen molar-refractivity contribution in [2.75, 3.05) is 18.2 Å². The Hall–Kier alpha value is -0.900. The van der Waals surface area contributed by atoms with Crippen LogP contribution in [-0.4, -0.2) is 13.2 Å². The maximum absolute atomic E-state index is 5.95. The average Bonchev–Trinajstić information content (AvgIpc) is 2.95. The van der Waals surface area contributed by atoms with Crippen molar-refractivity contribution in [3.63, 3.8) is 0 Å². The van der Waals surface area contributed by atoms with E-state index in [1.807, 2.05) is 12.1 Å². The van der Waals surface area contributed by atoms with Gasteiger partial charge in [-0.2, -0.15) is 0 Å². The second-order valence-corrected chi connectivity index (χ2v) is 4.31. The lowest BCUT2D eigenvalue weighted by Crippen LogP contribution is -2.05. The van der Waals surface area contributed by atoms with Crippen molar-refractivity contribution in [2.24, 2.45) is 0 Å². The Bertz CT molecular complexity index is 350. The van der Waals surface area contributed by atoms with Crippen LogP contribution in [0.25, 0.3) is 0 Å². The highest BCUT2D eigenvalue weighted by Gasteiger charge is 2.22. The molecule has 0 unspecified atom stereocenters. The van der Waals surface area contributed by atoms with Crippen LogP contribution in [0, 0.1) is 0 Å². The molecule has 1 aliphatic carbocycles. The molecule has 0 radical (unpaired) electrons. The number of nitrogen functional groups attached to an aromatic ring is 1. The van der Waals surface area contributed by atoms with E-state index in [1.165, 1.54) is 12.8 Å². The Morgan fingerprint density at radius 1 is 1.50 bits per heavy atom. The van der Waals surface area contributed by atoms with Gasteiger partial charge in [0, 0.05) is 6.04 Å². The second kappa shape index (κ2) is 3.69. The summed E-state index contributed by atoms with van der Waals surface area (Å²) in [5.41, 5.74) is 7.59. The zero-order chi connectivity index (χ0) is 10.1. The van der Waals surface area contributed by atoms with Gasteiger partial charge in [0.05, 0.1) is 23.0 Å². The minimum Gasteiger partial charge on any atom is -0.493 e. The van der Waals surface area contributed by atoms with E-state index < -0.39 is 0 Å². The Kier molecular flexibility index (Phi) is 2.54. The van der Waals surface area contributed by atoms with Crippen LogP contribution in [0.3, 0.4) is 0 Å². The average molecular weight is 257 g/mol. The van der Waals surface area contributed by atoms with Crippen molar-refractivity contribution in [3.8, 4) is 5.75 Å². The highest BCUT2D eigenvalue weighted by molar-refractivity contribution is 9.10. The van der Waals surface area contributed by atoms with E-state index in [2.05, 4.69) is 21.2 Å². The number of nitrogens with two attached hydrogens (primary N) is 1. The minimum atomic E-state index is 0.600. The fourth-order valence-electron chi connectivity index (χ4n) is 1.35. The number of rotatable bonds is 3. The van der Waals surface area contributed by atoms with E-state index in [0.29, 0.717) is 17.5 Å². The molecule has 0 saturated heterocycles. The quantitative estimate of drug-likeness (QED) is 0.818. The summed E-state index contributed by atoms with van der Waals surface area (Å²) in [4.78, 5) is 0. The topological polar surface area (TPSA) is 47.3 Å². The van der Waals surface area contributed by atoms with E-state index in [0.717, 1.165) is 10.2 Å². The summed E-state index contributed by atoms with van der Waals surface area (Å²) in [6.07, 6.45) is 2.47. The van der Waals surface area contributed by atoms with Crippen molar-refractivity contribution in [3.05, 3.63) is 16.6 Å². The molecule has 3 nitrogen and oxygen atoms in total. The number of hydrogen-bond acceptors (Lipinski definition) is 3. The smallest absolute Gasteiger partial charge is 0.158 e. The van der Waals surface area contributed by atoms with Crippen LogP contribution in [0.1, 0.15) is 12.8 Å². The molecule has 3 N–H and O–H groups in total. The molecular formula is C10H13BrN2O. The molecule has 76 valence electrons. The SMILES string of the molecule is COc1c(Br)ccc(NC2CC2)c1N. The first-order valence-electron chi connectivity index (χ1n) is 4.61. The second-order valence-electron chi connectivity index (χ2n) is 3.46. The number of ether oxygens (including phenoxy) is 1. The Morgan fingerprint density at radius 2 is 2.21 bits per heavy atom. The number of anilines is 2. The van der Waals surface area contributed by atoms with Crippen LogP contribution in [0.15, 0.2) is 16.6 Å². The summed E-state index contributed by atoms with van der Waals surface area (Å²) in [6.45, 7) is 0. The Balaban J connectivity index is 2.30. The molecule has 1 aromatic rings. The van der Waals surface area contributed by atoms with Crippen molar-refractivity contribution < 1.29 is 4.74 Å². The third-order valence-electron chi connectivity index (χ3n) is 2.29. The number of methoxy groups -OCH3 is 1. The van der Waals surface area contributed by atoms with Crippen LogP contribution >= 0.6 is 15.9 Å². The van der Waals surface area contributed by atoms with Gasteiger partial charge in [-0.05, 0) is 40.9 Å². The molecule has 0 aromatic heterocycles. The molecule has 4 heteroatoms. The minimum absolute atomic E-state index is 0.600. The molecular weight excluding hydrogens is 244 g/mol. The third kappa shape index (κ3) is 1.80. The summed E-state index contributed by atoms with van der Waals surface area (Å²) < 4.78 is 6.09. The summed E-state index contributed by atoms with van der Waals surface area (Å²) in [6, 6.07) is 4.52. The predicted octanol–water partition coefficient (Wildman–Crippen LogP) is 2.61. The van der Waals surface area contributed by atoms with E-state index in [4.69, 9.17) is 10.5 Å². The van der Waals surface area contributed by atoms with Gasteiger partial charge in [0.1, 0.15) is 0 Å². The van der Waals surface area contributed by atoms with Crippen molar-refractivity contribution >= 4 is 27.3 Å². The maximum atomic E-state index is 5.95. The zero-order valence-electron chi connectivity index (χ0n) is 8.01. The van der Waals surface area contributed by atoms with Gasteiger partial charge in [0.2, 0.25) is 0 Å². The standard InChI is InChI=1S/C10H13BrN2O/c1-14-10-7(11)4-5-8(9(10)12)13-6-2-3-6/h4-6,13H,2-3,12H2,1H3. The lowest BCUT2D eigenvalue weighted by Gasteiger charge is -2.12. The van der Waals surface area contributed by atoms with Crippen LogP contribution in [0.4, 0.5) is 11.4 Å². The molecule has 0 atom stereocenters. The lowest BCUT2D eigenvalue weighted by atomic mass is 10.2. The summed E-state index contributed by atoms with van der Waals surface area (Å²) in [5, 5.41) is 3.36. The molecule has 0 aliphatic heterocycles. The van der Waals surface area contributed by atoms with Gasteiger partial charge in [-0.1, -0.05) is 0 Å². The largest absolute Gasteiger partial charge is 0.493 e. The molecule has 1 aliphatic rings. The molecule has 2 rings (SSSR count). The van der Waals surface area contributed by atoms with Gasteiger partial charge in [-0.15, -0.1) is 0 Å². The number of nitrogens with one attached hydrogen (secondary N) is 1. The monoisotopic (exact) mass is 256 g/mol. The van der Waals surface area contributed by atoms with Gasteiger partial charge < -0.3 is 15.8 Å². The van der Waals surface area contributed by atoms with E-state index in [1.54, 1.807) is 7.11 Å². The fraction of sp³-hybridized carbons (Fsp3) is 0.400. The van der Waals surface area contributed by atoms with Crippen molar-refractivity contribution in [1.29, 1.82) is 0 Å². The first-order valence-corrected chi connectivity index (χ1v) is 5.40. The Morgan fingerprint density at radius 3 is 2.79 bits per heavy atom. The van der Waals surface area contributed by atoms with Crippen LogP contribution in [-0.2, 0) is 0 Å². The normalized spacial score (nSPS) is 15.3. The number of benzene rings is 1. The predicted molar refractivity (Wildman–Crippen MR) is 61.8 cm³/mol. The van der Waals surface area contributed by atoms with Gasteiger partial charge in [0.25, 0.3) is 0 Å². The van der Waals surface area contributed by atoms with Crippen LogP contribution in [0.5, 0.6) is 5.75 Å². The van der Waals surface area contributed by atoms with Gasteiger partial charge in [-0.25, -0.2) is 0 Å². The van der Waals surface area contributed by atoms with Crippen molar-refractivity contribution in [1.82, 2.24) is 0 Å². The molecule has 0 amide bonds. The molecule has 0 spiro atoms. The van der Waals surface area contributed by atoms with Crippen LogP contribution in [0.2, 0.25) is 0 Å². The maximum Gasteiger partial charge on any atom is 0.158 e. The molecule has 1 saturated carbocycles. The first-order chi connectivity index (χ1) is 6.72. The van der Waals surface area contributed by atoms with E-state index >= 15 is 0 Å². The highest BCUT2D eigenvalue weighted by atomic mass is 79.9. The summed E-state index contributed by atoms with van der Waals surface area (Å²) in [5.74, 6) is 0.704. The number of halogens is 1. The van der Waals surface area contributed by atoms with Crippen LogP contribution < -0.4 is 15.8 Å². The highest BCUT2D eigenvalue weighted by Crippen LogP contribution is 2.38. The fourth-order valence-corrected chi connectivity index (χ4v) is 1.86. The molecule has 0 heterocycles. The van der Waals surface area contributed by atoms with E-state index in [9.17, 15) is 0 Å². The first kappa shape index (κ1) is 9.65. The third-order valence-corrected chi connectivity index (χ3v) is 2.91. The summed E-state index contributed by atoms with van der Waals surface area (Å²) in [7, 11) is 1.62. The summed E-state index contributed by atoms with van der Waals surface area (Å²) >= 11 is 3.39. The molecule has 1 aromatic carbocycles. The molecule has 1 fully saturated rings. The Labute approximate surface area is 91.8 Å². The van der Waals surface area contributed by atoms with E-state index in [-0.39, 0.29) is 0 Å². The molecule has 0 bridgehead atoms. The number of hydrogen-bond donors (Lipinski definition) is 2. The zero-order valence-corrected chi connectivity index (χ0v) is 9.60. The van der Waals surface area contributed by atoms with Gasteiger partial charge in [-0.3, -0.25) is 0 Å². The van der Waals surface area contributed by atoms with Gasteiger partial charge >= 0.3 is 0 Å². The van der Waals surface area contributed by atoms with Crippen molar-refractivity contribution in [2.45, 2.75) is 18.9 Å². The lowest BCUT2D eigenvalue weighted by molar-refractivity contribution is 0.414. The molecule has 14 heavy (non-hydrogen) atoms.